The zero-order chi connectivity index (χ0) is 18.5. The summed E-state index contributed by atoms with van der Waals surface area (Å²) in [6.07, 6.45) is 0.0965. The van der Waals surface area contributed by atoms with Gasteiger partial charge in [-0.15, -0.1) is 0 Å². The lowest BCUT2D eigenvalue weighted by Crippen LogP contribution is -2.24. The minimum absolute atomic E-state index is 0.237. The summed E-state index contributed by atoms with van der Waals surface area (Å²) in [5.74, 6) is 1.71. The van der Waals surface area contributed by atoms with Crippen LogP contribution in [0.5, 0.6) is 5.75 Å². The van der Waals surface area contributed by atoms with Crippen molar-refractivity contribution >= 4 is 11.0 Å². The Morgan fingerprint density at radius 2 is 1.52 bits per heavy atom. The monoisotopic (exact) mass is 358 g/mol. The van der Waals surface area contributed by atoms with Gasteiger partial charge in [0.15, 0.2) is 0 Å². The number of nitrogens with zero attached hydrogens (tertiary/aromatic N) is 2. The van der Waals surface area contributed by atoms with E-state index in [4.69, 9.17) is 9.72 Å². The summed E-state index contributed by atoms with van der Waals surface area (Å²) in [7, 11) is 0. The number of fused-ring (bicyclic) bond motifs is 1. The molecule has 4 heteroatoms. The molecule has 4 aromatic rings. The summed E-state index contributed by atoms with van der Waals surface area (Å²) < 4.78 is 7.80. The Labute approximate surface area is 158 Å². The Balaban J connectivity index is 1.55. The van der Waals surface area contributed by atoms with Crippen LogP contribution in [0.2, 0.25) is 0 Å². The number of aliphatic hydroxyl groups excluding tert-OH is 1. The number of rotatable bonds is 7. The number of benzene rings is 3. The van der Waals surface area contributed by atoms with Crippen molar-refractivity contribution in [2.75, 3.05) is 6.61 Å². The highest BCUT2D eigenvalue weighted by Gasteiger charge is 2.15. The highest BCUT2D eigenvalue weighted by molar-refractivity contribution is 5.76. The summed E-state index contributed by atoms with van der Waals surface area (Å²) in [6, 6.07) is 27.9. The van der Waals surface area contributed by atoms with E-state index >= 15 is 0 Å². The number of aliphatic hydroxyl groups is 1. The van der Waals surface area contributed by atoms with Crippen LogP contribution in [-0.4, -0.2) is 27.4 Å². The van der Waals surface area contributed by atoms with Crippen LogP contribution in [0.15, 0.2) is 84.9 Å². The quantitative estimate of drug-likeness (QED) is 0.542. The Kier molecular flexibility index (Phi) is 5.17. The average Bonchev–Trinajstić information content (AvgIpc) is 3.05. The standard InChI is InChI=1S/C23H22N2O2/c26-19(17-27-20-11-5-2-6-12-20)16-25-22-14-8-7-13-21(22)24-23(25)15-18-9-3-1-4-10-18/h1-14,19,26H,15-17H2/t19-/m0/s1. The third kappa shape index (κ3) is 4.18. The highest BCUT2D eigenvalue weighted by atomic mass is 16.5. The van der Waals surface area contributed by atoms with E-state index in [9.17, 15) is 5.11 Å². The Morgan fingerprint density at radius 3 is 2.30 bits per heavy atom. The van der Waals surface area contributed by atoms with E-state index in [0.717, 1.165) is 29.0 Å². The van der Waals surface area contributed by atoms with Crippen LogP contribution in [0.1, 0.15) is 11.4 Å². The van der Waals surface area contributed by atoms with Gasteiger partial charge in [0, 0.05) is 6.42 Å². The predicted molar refractivity (Wildman–Crippen MR) is 107 cm³/mol. The van der Waals surface area contributed by atoms with Crippen molar-refractivity contribution in [1.29, 1.82) is 0 Å². The molecule has 1 aromatic heterocycles. The molecule has 4 nitrogen and oxygen atoms in total. The van der Waals surface area contributed by atoms with Gasteiger partial charge in [0.25, 0.3) is 0 Å². The first kappa shape index (κ1) is 17.3. The maximum atomic E-state index is 10.6. The molecule has 1 heterocycles. The first-order valence-electron chi connectivity index (χ1n) is 9.13. The molecule has 0 unspecified atom stereocenters. The van der Waals surface area contributed by atoms with Crippen molar-refractivity contribution < 1.29 is 9.84 Å². The van der Waals surface area contributed by atoms with Gasteiger partial charge in [0.05, 0.1) is 17.6 Å². The van der Waals surface area contributed by atoms with Crippen molar-refractivity contribution in [2.45, 2.75) is 19.1 Å². The fraction of sp³-hybridized carbons (Fsp3) is 0.174. The molecule has 0 aliphatic carbocycles. The van der Waals surface area contributed by atoms with Gasteiger partial charge in [0.2, 0.25) is 0 Å². The van der Waals surface area contributed by atoms with Crippen molar-refractivity contribution in [1.82, 2.24) is 9.55 Å². The molecule has 0 aliphatic heterocycles. The maximum Gasteiger partial charge on any atom is 0.119 e. The van der Waals surface area contributed by atoms with E-state index in [2.05, 4.69) is 16.7 Å². The second kappa shape index (κ2) is 8.06. The largest absolute Gasteiger partial charge is 0.491 e. The number of ether oxygens (including phenoxy) is 1. The third-order valence-corrected chi connectivity index (χ3v) is 4.52. The molecule has 0 saturated heterocycles. The number of para-hydroxylation sites is 3. The number of hydrogen-bond donors (Lipinski definition) is 1. The summed E-state index contributed by atoms with van der Waals surface area (Å²) in [5, 5.41) is 10.6. The van der Waals surface area contributed by atoms with Crippen LogP contribution in [-0.2, 0) is 13.0 Å². The molecule has 0 bridgehead atoms. The van der Waals surface area contributed by atoms with Crippen molar-refractivity contribution in [2.24, 2.45) is 0 Å². The summed E-state index contributed by atoms with van der Waals surface area (Å²) in [6.45, 7) is 0.677. The molecule has 0 amide bonds. The Hall–Kier alpha value is -3.11. The minimum atomic E-state index is -0.627. The van der Waals surface area contributed by atoms with E-state index in [-0.39, 0.29) is 6.61 Å². The zero-order valence-corrected chi connectivity index (χ0v) is 15.0. The molecular formula is C23H22N2O2. The molecule has 1 atom stereocenters. The van der Waals surface area contributed by atoms with Crippen molar-refractivity contribution in [3.8, 4) is 5.75 Å². The van der Waals surface area contributed by atoms with E-state index in [1.54, 1.807) is 0 Å². The smallest absolute Gasteiger partial charge is 0.119 e. The molecule has 0 radical (unpaired) electrons. The second-order valence-corrected chi connectivity index (χ2v) is 6.57. The van der Waals surface area contributed by atoms with Crippen LogP contribution in [0.3, 0.4) is 0 Å². The molecule has 136 valence electrons. The molecule has 4 rings (SSSR count). The first-order chi connectivity index (χ1) is 13.3. The molecule has 1 N–H and O–H groups in total. The molecule has 27 heavy (non-hydrogen) atoms. The fourth-order valence-electron chi connectivity index (χ4n) is 3.22. The minimum Gasteiger partial charge on any atom is -0.491 e. The number of aromatic nitrogens is 2. The Bertz CT molecular complexity index is 997. The highest BCUT2D eigenvalue weighted by Crippen LogP contribution is 2.19. The lowest BCUT2D eigenvalue weighted by atomic mass is 10.1. The number of hydrogen-bond acceptors (Lipinski definition) is 3. The lowest BCUT2D eigenvalue weighted by molar-refractivity contribution is 0.0928. The van der Waals surface area contributed by atoms with Crippen LogP contribution < -0.4 is 4.74 Å². The summed E-state index contributed by atoms with van der Waals surface area (Å²) in [4.78, 5) is 4.79. The lowest BCUT2D eigenvalue weighted by Gasteiger charge is -2.16. The number of imidazole rings is 1. The van der Waals surface area contributed by atoms with E-state index < -0.39 is 6.10 Å². The van der Waals surface area contributed by atoms with Gasteiger partial charge >= 0.3 is 0 Å². The third-order valence-electron chi connectivity index (χ3n) is 4.52. The SMILES string of the molecule is O[C@H](COc1ccccc1)Cn1c(Cc2ccccc2)nc2ccccc21. The zero-order valence-electron chi connectivity index (χ0n) is 15.0. The molecule has 3 aromatic carbocycles. The van der Waals surface area contributed by atoms with E-state index in [1.807, 2.05) is 72.8 Å². The van der Waals surface area contributed by atoms with Crippen molar-refractivity contribution in [3.63, 3.8) is 0 Å². The van der Waals surface area contributed by atoms with Crippen LogP contribution in [0.4, 0.5) is 0 Å². The molecule has 0 aliphatic rings. The molecular weight excluding hydrogens is 336 g/mol. The van der Waals surface area contributed by atoms with E-state index in [1.165, 1.54) is 5.56 Å². The molecule has 0 spiro atoms. The predicted octanol–water partition coefficient (Wildman–Crippen LogP) is 4.07. The van der Waals surface area contributed by atoms with Crippen LogP contribution in [0.25, 0.3) is 11.0 Å². The maximum absolute atomic E-state index is 10.6. The van der Waals surface area contributed by atoms with Crippen molar-refractivity contribution in [3.05, 3.63) is 96.3 Å². The topological polar surface area (TPSA) is 47.3 Å². The van der Waals surface area contributed by atoms with Gasteiger partial charge in [-0.05, 0) is 29.8 Å². The first-order valence-corrected chi connectivity index (χ1v) is 9.13. The fourth-order valence-corrected chi connectivity index (χ4v) is 3.22. The summed E-state index contributed by atoms with van der Waals surface area (Å²) in [5.41, 5.74) is 3.17. The molecule has 0 fully saturated rings. The average molecular weight is 358 g/mol. The van der Waals surface area contributed by atoms with Gasteiger partial charge in [-0.3, -0.25) is 0 Å². The van der Waals surface area contributed by atoms with Gasteiger partial charge < -0.3 is 14.4 Å². The van der Waals surface area contributed by atoms with Crippen LogP contribution in [0, 0.1) is 0 Å². The summed E-state index contributed by atoms with van der Waals surface area (Å²) >= 11 is 0. The van der Waals surface area contributed by atoms with Gasteiger partial charge in [-0.2, -0.15) is 0 Å². The van der Waals surface area contributed by atoms with Gasteiger partial charge in [0.1, 0.15) is 24.3 Å². The Morgan fingerprint density at radius 1 is 0.852 bits per heavy atom. The van der Waals surface area contributed by atoms with Crippen LogP contribution >= 0.6 is 0 Å². The normalized spacial score (nSPS) is 12.2. The van der Waals surface area contributed by atoms with Gasteiger partial charge in [-0.1, -0.05) is 60.7 Å². The van der Waals surface area contributed by atoms with E-state index in [0.29, 0.717) is 6.54 Å². The van der Waals surface area contributed by atoms with Gasteiger partial charge in [-0.25, -0.2) is 4.98 Å². The molecule has 0 saturated carbocycles. The second-order valence-electron chi connectivity index (χ2n) is 6.57.